The summed E-state index contributed by atoms with van der Waals surface area (Å²) in [6.45, 7) is 3.02. The third kappa shape index (κ3) is 4.27. The highest BCUT2D eigenvalue weighted by molar-refractivity contribution is 7.89. The molecule has 0 saturated carbocycles. The Morgan fingerprint density at radius 1 is 1.03 bits per heavy atom. The van der Waals surface area contributed by atoms with Gasteiger partial charge in [-0.05, 0) is 56.2 Å². The Hall–Kier alpha value is -3.04. The molecule has 0 radical (unpaired) electrons. The molecule has 1 aromatic heterocycles. The van der Waals surface area contributed by atoms with E-state index < -0.39 is 15.9 Å². The van der Waals surface area contributed by atoms with Crippen LogP contribution in [-0.2, 0) is 10.0 Å². The van der Waals surface area contributed by atoms with E-state index in [0.717, 1.165) is 30.4 Å². The summed E-state index contributed by atoms with van der Waals surface area (Å²) in [6.07, 6.45) is 2.79. The molecular formula is C21H22N4O4S. The van der Waals surface area contributed by atoms with Crippen molar-refractivity contribution in [2.45, 2.75) is 31.1 Å². The highest BCUT2D eigenvalue weighted by Gasteiger charge is 2.26. The zero-order valence-electron chi connectivity index (χ0n) is 16.5. The molecule has 9 heteroatoms. The maximum atomic E-state index is 12.7. The summed E-state index contributed by atoms with van der Waals surface area (Å²) < 4.78 is 32.4. The van der Waals surface area contributed by atoms with Crippen molar-refractivity contribution in [3.63, 3.8) is 0 Å². The summed E-state index contributed by atoms with van der Waals surface area (Å²) in [6, 6.07) is 13.4. The second kappa shape index (κ2) is 8.37. The van der Waals surface area contributed by atoms with Gasteiger partial charge in [-0.2, -0.15) is 4.31 Å². The number of aromatic nitrogens is 2. The van der Waals surface area contributed by atoms with Gasteiger partial charge in [0.25, 0.3) is 5.91 Å². The minimum absolute atomic E-state index is 0.0264. The molecule has 2 aromatic carbocycles. The Labute approximate surface area is 175 Å². The number of benzene rings is 2. The van der Waals surface area contributed by atoms with E-state index in [1.165, 1.54) is 28.6 Å². The zero-order chi connectivity index (χ0) is 21.1. The van der Waals surface area contributed by atoms with Crippen LogP contribution in [0.1, 0.15) is 35.2 Å². The number of sulfonamides is 1. The van der Waals surface area contributed by atoms with E-state index in [1.54, 1.807) is 0 Å². The molecule has 1 aliphatic heterocycles. The van der Waals surface area contributed by atoms with Crippen LogP contribution in [0.2, 0.25) is 0 Å². The first-order valence-corrected chi connectivity index (χ1v) is 11.2. The Balaban J connectivity index is 1.45. The summed E-state index contributed by atoms with van der Waals surface area (Å²) in [5.41, 5.74) is 2.11. The standard InChI is InChI=1S/C21H22N4O4S/c1-15-6-5-7-17(14-15)20-23-24-21(29-20)22-19(26)16-8-10-18(11-9-16)30(27,28)25-12-3-2-4-13-25/h5-11,14H,2-4,12-13H2,1H3,(H,22,24,26). The molecule has 1 N–H and O–H groups in total. The molecule has 30 heavy (non-hydrogen) atoms. The van der Waals surface area contributed by atoms with Crippen molar-refractivity contribution in [1.82, 2.24) is 14.5 Å². The van der Waals surface area contributed by atoms with Crippen LogP contribution in [0.3, 0.4) is 0 Å². The molecule has 0 bridgehead atoms. The van der Waals surface area contributed by atoms with Crippen LogP contribution < -0.4 is 5.32 Å². The number of hydrogen-bond acceptors (Lipinski definition) is 6. The summed E-state index contributed by atoms with van der Waals surface area (Å²) in [5, 5.41) is 10.4. The van der Waals surface area contributed by atoms with Gasteiger partial charge in [0, 0.05) is 24.2 Å². The Morgan fingerprint density at radius 3 is 2.47 bits per heavy atom. The first kappa shape index (κ1) is 20.2. The van der Waals surface area contributed by atoms with Gasteiger partial charge in [-0.25, -0.2) is 8.42 Å². The average molecular weight is 426 g/mol. The number of anilines is 1. The third-order valence-corrected chi connectivity index (χ3v) is 6.89. The second-order valence-electron chi connectivity index (χ2n) is 7.23. The van der Waals surface area contributed by atoms with Crippen LogP contribution in [0.5, 0.6) is 0 Å². The van der Waals surface area contributed by atoms with E-state index in [-0.39, 0.29) is 10.9 Å². The molecule has 0 unspecified atom stereocenters. The molecule has 156 valence electrons. The summed E-state index contributed by atoms with van der Waals surface area (Å²) >= 11 is 0. The molecule has 8 nitrogen and oxygen atoms in total. The topological polar surface area (TPSA) is 105 Å². The SMILES string of the molecule is Cc1cccc(-c2nnc(NC(=O)c3ccc(S(=O)(=O)N4CCCCC4)cc3)o2)c1. The molecule has 3 aromatic rings. The van der Waals surface area contributed by atoms with Crippen LogP contribution in [0.15, 0.2) is 57.8 Å². The number of nitrogens with zero attached hydrogens (tertiary/aromatic N) is 3. The van der Waals surface area contributed by atoms with Crippen LogP contribution in [-0.4, -0.2) is 41.9 Å². The fraction of sp³-hybridized carbons (Fsp3) is 0.286. The van der Waals surface area contributed by atoms with Crippen molar-refractivity contribution in [2.24, 2.45) is 0 Å². The maximum Gasteiger partial charge on any atom is 0.322 e. The normalized spacial score (nSPS) is 15.1. The van der Waals surface area contributed by atoms with Gasteiger partial charge in [-0.15, -0.1) is 5.10 Å². The van der Waals surface area contributed by atoms with Gasteiger partial charge in [0.2, 0.25) is 15.9 Å². The largest absolute Gasteiger partial charge is 0.403 e. The fourth-order valence-corrected chi connectivity index (χ4v) is 4.89. The number of amides is 1. The molecule has 1 amide bonds. The number of nitrogens with one attached hydrogen (secondary N) is 1. The van der Waals surface area contributed by atoms with Crippen LogP contribution in [0, 0.1) is 6.92 Å². The predicted octanol–water partition coefficient (Wildman–Crippen LogP) is 3.47. The number of carbonyl (C=O) groups excluding carboxylic acids is 1. The minimum Gasteiger partial charge on any atom is -0.403 e. The lowest BCUT2D eigenvalue weighted by atomic mass is 10.1. The highest BCUT2D eigenvalue weighted by Crippen LogP contribution is 2.23. The zero-order valence-corrected chi connectivity index (χ0v) is 17.4. The van der Waals surface area contributed by atoms with Gasteiger partial charge in [0.1, 0.15) is 0 Å². The molecule has 1 aliphatic rings. The molecule has 4 rings (SSSR count). The van der Waals surface area contributed by atoms with Crippen molar-refractivity contribution >= 4 is 21.9 Å². The van der Waals surface area contributed by atoms with E-state index >= 15 is 0 Å². The predicted molar refractivity (Wildman–Crippen MR) is 111 cm³/mol. The fourth-order valence-electron chi connectivity index (χ4n) is 3.37. The minimum atomic E-state index is -3.53. The molecular weight excluding hydrogens is 404 g/mol. The van der Waals surface area contributed by atoms with E-state index in [9.17, 15) is 13.2 Å². The van der Waals surface area contributed by atoms with Gasteiger partial charge in [0.15, 0.2) is 0 Å². The van der Waals surface area contributed by atoms with Gasteiger partial charge >= 0.3 is 6.01 Å². The maximum absolute atomic E-state index is 12.7. The summed E-state index contributed by atoms with van der Waals surface area (Å²) in [7, 11) is -3.53. The molecule has 0 spiro atoms. The number of rotatable bonds is 5. The lowest BCUT2D eigenvalue weighted by molar-refractivity contribution is 0.102. The third-order valence-electron chi connectivity index (χ3n) is 4.98. The van der Waals surface area contributed by atoms with Crippen molar-refractivity contribution < 1.29 is 17.6 Å². The summed E-state index contributed by atoms with van der Waals surface area (Å²) in [4.78, 5) is 12.7. The van der Waals surface area contributed by atoms with Crippen molar-refractivity contribution in [2.75, 3.05) is 18.4 Å². The first-order valence-electron chi connectivity index (χ1n) is 9.75. The lowest BCUT2D eigenvalue weighted by Crippen LogP contribution is -2.35. The summed E-state index contributed by atoms with van der Waals surface area (Å²) in [5.74, 6) is -0.159. The van der Waals surface area contributed by atoms with Crippen molar-refractivity contribution in [3.8, 4) is 11.5 Å². The average Bonchev–Trinajstić information content (AvgIpc) is 3.23. The number of aryl methyl sites for hydroxylation is 1. The number of hydrogen-bond donors (Lipinski definition) is 1. The Kier molecular flexibility index (Phi) is 5.65. The molecule has 0 atom stereocenters. The van der Waals surface area contributed by atoms with Crippen LogP contribution in [0.4, 0.5) is 6.01 Å². The molecule has 2 heterocycles. The number of carbonyl (C=O) groups is 1. The van der Waals surface area contributed by atoms with Crippen molar-refractivity contribution in [1.29, 1.82) is 0 Å². The monoisotopic (exact) mass is 426 g/mol. The van der Waals surface area contributed by atoms with E-state index in [2.05, 4.69) is 15.5 Å². The second-order valence-corrected chi connectivity index (χ2v) is 9.16. The van der Waals surface area contributed by atoms with Gasteiger partial charge < -0.3 is 4.42 Å². The van der Waals surface area contributed by atoms with Gasteiger partial charge in [0.05, 0.1) is 4.90 Å². The molecule has 1 saturated heterocycles. The molecule has 1 fully saturated rings. The van der Waals surface area contributed by atoms with Crippen LogP contribution >= 0.6 is 0 Å². The van der Waals surface area contributed by atoms with E-state index in [4.69, 9.17) is 4.42 Å². The van der Waals surface area contributed by atoms with Crippen LogP contribution in [0.25, 0.3) is 11.5 Å². The van der Waals surface area contributed by atoms with E-state index in [0.29, 0.717) is 24.5 Å². The first-order chi connectivity index (χ1) is 14.4. The smallest absolute Gasteiger partial charge is 0.322 e. The van der Waals surface area contributed by atoms with Gasteiger partial charge in [-0.3, -0.25) is 10.1 Å². The quantitative estimate of drug-likeness (QED) is 0.670. The van der Waals surface area contributed by atoms with Crippen molar-refractivity contribution in [3.05, 3.63) is 59.7 Å². The Morgan fingerprint density at radius 2 is 1.77 bits per heavy atom. The highest BCUT2D eigenvalue weighted by atomic mass is 32.2. The van der Waals surface area contributed by atoms with E-state index in [1.807, 2.05) is 31.2 Å². The number of piperidine rings is 1. The lowest BCUT2D eigenvalue weighted by Gasteiger charge is -2.25. The molecule has 0 aliphatic carbocycles. The Bertz CT molecular complexity index is 1150. The van der Waals surface area contributed by atoms with Gasteiger partial charge in [-0.1, -0.05) is 29.2 Å².